The van der Waals surface area contributed by atoms with Gasteiger partial charge in [-0.3, -0.25) is 13.9 Å². The quantitative estimate of drug-likeness (QED) is 0.275. The van der Waals surface area contributed by atoms with E-state index in [4.69, 9.17) is 23.2 Å². The normalized spacial score (nSPS) is 14.7. The maximum atomic E-state index is 14.3. The number of nitrogens with one attached hydrogen (secondary N) is 1. The minimum Gasteiger partial charge on any atom is -0.352 e. The fourth-order valence-electron chi connectivity index (χ4n) is 5.42. The monoisotopic (exact) mass is 629 g/mol. The number of benzene rings is 3. The summed E-state index contributed by atoms with van der Waals surface area (Å²) < 4.78 is 27.1. The van der Waals surface area contributed by atoms with Gasteiger partial charge in [0.1, 0.15) is 12.6 Å². The summed E-state index contributed by atoms with van der Waals surface area (Å²) in [6.07, 6.45) is 6.35. The average molecular weight is 631 g/mol. The van der Waals surface area contributed by atoms with Crippen LogP contribution in [0.15, 0.2) is 72.8 Å². The molecule has 0 heterocycles. The molecule has 0 aliphatic heterocycles. The predicted octanol–water partition coefficient (Wildman–Crippen LogP) is 6.16. The van der Waals surface area contributed by atoms with E-state index in [1.807, 2.05) is 36.4 Å². The van der Waals surface area contributed by atoms with Crippen LogP contribution in [0.2, 0.25) is 10.0 Å². The van der Waals surface area contributed by atoms with Gasteiger partial charge in [0.25, 0.3) is 0 Å². The van der Waals surface area contributed by atoms with Gasteiger partial charge in [0.2, 0.25) is 21.8 Å². The summed E-state index contributed by atoms with van der Waals surface area (Å²) >= 11 is 12.4. The molecule has 0 saturated heterocycles. The highest BCUT2D eigenvalue weighted by Crippen LogP contribution is 2.27. The molecule has 1 fully saturated rings. The van der Waals surface area contributed by atoms with E-state index in [0.717, 1.165) is 53.8 Å². The van der Waals surface area contributed by atoms with Crippen molar-refractivity contribution in [1.29, 1.82) is 0 Å². The molecule has 0 aromatic heterocycles. The lowest BCUT2D eigenvalue weighted by Gasteiger charge is -2.35. The summed E-state index contributed by atoms with van der Waals surface area (Å²) in [6.45, 7) is 1.33. The number of hydrogen-bond donors (Lipinski definition) is 1. The van der Waals surface area contributed by atoms with E-state index < -0.39 is 28.5 Å². The maximum absolute atomic E-state index is 14.3. The molecule has 0 spiro atoms. The third kappa shape index (κ3) is 8.72. The Morgan fingerprint density at radius 2 is 1.57 bits per heavy atom. The van der Waals surface area contributed by atoms with E-state index in [-0.39, 0.29) is 24.9 Å². The van der Waals surface area contributed by atoms with Gasteiger partial charge in [-0.2, -0.15) is 0 Å². The molecule has 10 heteroatoms. The lowest BCUT2D eigenvalue weighted by molar-refractivity contribution is -0.140. The van der Waals surface area contributed by atoms with Gasteiger partial charge in [-0.05, 0) is 66.8 Å². The standard InChI is InChI=1S/C32H37Cl2N3O4S/c1-23-18-27(34)16-17-29(23)37(42(2,40)41)22-31(38)36(21-25-12-9-13-26(33)19-25)30(20-24-10-5-3-6-11-24)32(39)35-28-14-7-4-8-15-28/h3,5-6,9-13,16-19,28,30H,4,7-8,14-15,20-22H2,1-2H3,(H,35,39)/t30-/m1/s1. The second-order valence-corrected chi connectivity index (χ2v) is 13.7. The summed E-state index contributed by atoms with van der Waals surface area (Å²) in [6, 6.07) is 20.6. The maximum Gasteiger partial charge on any atom is 0.244 e. The van der Waals surface area contributed by atoms with Crippen molar-refractivity contribution in [1.82, 2.24) is 10.2 Å². The smallest absolute Gasteiger partial charge is 0.244 e. The predicted molar refractivity (Wildman–Crippen MR) is 169 cm³/mol. The van der Waals surface area contributed by atoms with Gasteiger partial charge in [0.05, 0.1) is 11.9 Å². The zero-order valence-corrected chi connectivity index (χ0v) is 26.3. The minimum atomic E-state index is -3.87. The van der Waals surface area contributed by atoms with Crippen molar-refractivity contribution < 1.29 is 18.0 Å². The third-order valence-electron chi connectivity index (χ3n) is 7.57. The SMILES string of the molecule is Cc1cc(Cl)ccc1N(CC(=O)N(Cc1cccc(Cl)c1)[C@H](Cc1ccccc1)C(=O)NC1CCCCC1)S(C)(=O)=O. The first-order valence-electron chi connectivity index (χ1n) is 14.1. The zero-order chi connectivity index (χ0) is 30.3. The van der Waals surface area contributed by atoms with Crippen molar-refractivity contribution in [2.45, 2.75) is 64.1 Å². The molecule has 4 rings (SSSR count). The topological polar surface area (TPSA) is 86.8 Å². The first-order chi connectivity index (χ1) is 20.0. The van der Waals surface area contributed by atoms with Crippen molar-refractivity contribution >= 4 is 50.7 Å². The molecule has 1 atom stereocenters. The van der Waals surface area contributed by atoms with Crippen LogP contribution in [-0.2, 0) is 32.6 Å². The van der Waals surface area contributed by atoms with Crippen molar-refractivity contribution in [3.05, 3.63) is 99.5 Å². The average Bonchev–Trinajstić information content (AvgIpc) is 2.94. The Hall–Kier alpha value is -3.07. The Kier molecular flexibility index (Phi) is 10.9. The minimum absolute atomic E-state index is 0.0388. The van der Waals surface area contributed by atoms with Gasteiger partial charge >= 0.3 is 0 Å². The second-order valence-electron chi connectivity index (χ2n) is 10.9. The molecule has 3 aromatic carbocycles. The van der Waals surface area contributed by atoms with Crippen LogP contribution >= 0.6 is 23.2 Å². The molecule has 0 radical (unpaired) electrons. The lowest BCUT2D eigenvalue weighted by atomic mass is 9.94. The van der Waals surface area contributed by atoms with Gasteiger partial charge < -0.3 is 10.2 Å². The number of rotatable bonds is 11. The van der Waals surface area contributed by atoms with E-state index in [1.165, 1.54) is 4.90 Å². The molecular weight excluding hydrogens is 593 g/mol. The van der Waals surface area contributed by atoms with Gasteiger partial charge in [-0.15, -0.1) is 0 Å². The summed E-state index contributed by atoms with van der Waals surface area (Å²) in [5, 5.41) is 4.16. The Morgan fingerprint density at radius 1 is 0.905 bits per heavy atom. The molecule has 1 aliphatic rings. The number of amides is 2. The van der Waals surface area contributed by atoms with E-state index in [0.29, 0.717) is 21.3 Å². The lowest BCUT2D eigenvalue weighted by Crippen LogP contribution is -2.55. The Morgan fingerprint density at radius 3 is 2.21 bits per heavy atom. The van der Waals surface area contributed by atoms with Crippen LogP contribution in [0.25, 0.3) is 0 Å². The van der Waals surface area contributed by atoms with Crippen LogP contribution in [0.5, 0.6) is 0 Å². The first-order valence-corrected chi connectivity index (χ1v) is 16.7. The number of nitrogens with zero attached hydrogens (tertiary/aromatic N) is 2. The highest BCUT2D eigenvalue weighted by atomic mass is 35.5. The molecule has 1 saturated carbocycles. The van der Waals surface area contributed by atoms with Crippen LogP contribution in [0.4, 0.5) is 5.69 Å². The van der Waals surface area contributed by atoms with Gasteiger partial charge in [-0.25, -0.2) is 8.42 Å². The van der Waals surface area contributed by atoms with Gasteiger partial charge in [-0.1, -0.05) is 84.9 Å². The number of carbonyl (C=O) groups is 2. The fourth-order valence-corrected chi connectivity index (χ4v) is 6.77. The second kappa shape index (κ2) is 14.4. The van der Waals surface area contributed by atoms with Gasteiger partial charge in [0, 0.05) is 29.1 Å². The molecule has 1 N–H and O–H groups in total. The van der Waals surface area contributed by atoms with Crippen LogP contribution in [0.1, 0.15) is 48.8 Å². The molecule has 42 heavy (non-hydrogen) atoms. The van der Waals surface area contributed by atoms with Crippen molar-refractivity contribution in [2.75, 3.05) is 17.1 Å². The number of carbonyl (C=O) groups excluding carboxylic acids is 2. The number of hydrogen-bond acceptors (Lipinski definition) is 4. The molecule has 224 valence electrons. The fraction of sp³-hybridized carbons (Fsp3) is 0.375. The van der Waals surface area contributed by atoms with Crippen LogP contribution in [-0.4, -0.2) is 50.0 Å². The summed E-state index contributed by atoms with van der Waals surface area (Å²) in [4.78, 5) is 29.7. The highest BCUT2D eigenvalue weighted by molar-refractivity contribution is 7.92. The summed E-state index contributed by atoms with van der Waals surface area (Å²) in [5.74, 6) is -0.760. The number of anilines is 1. The molecule has 2 amide bonds. The summed E-state index contributed by atoms with van der Waals surface area (Å²) in [7, 11) is -3.87. The number of halogens is 2. The van der Waals surface area contributed by atoms with Crippen molar-refractivity contribution in [2.24, 2.45) is 0 Å². The molecule has 0 unspecified atom stereocenters. The summed E-state index contributed by atoms with van der Waals surface area (Å²) in [5.41, 5.74) is 2.58. The third-order valence-corrected chi connectivity index (χ3v) is 9.17. The Bertz CT molecular complexity index is 1490. The first kappa shape index (κ1) is 31.9. The largest absolute Gasteiger partial charge is 0.352 e. The van der Waals surface area contributed by atoms with E-state index in [9.17, 15) is 18.0 Å². The van der Waals surface area contributed by atoms with Crippen LogP contribution in [0.3, 0.4) is 0 Å². The Balaban J connectivity index is 1.74. The molecular formula is C32H37Cl2N3O4S. The van der Waals surface area contributed by atoms with Gasteiger partial charge in [0.15, 0.2) is 0 Å². The molecule has 7 nitrogen and oxygen atoms in total. The molecule has 3 aromatic rings. The zero-order valence-electron chi connectivity index (χ0n) is 23.9. The van der Waals surface area contributed by atoms with E-state index in [1.54, 1.807) is 43.3 Å². The van der Waals surface area contributed by atoms with E-state index in [2.05, 4.69) is 5.32 Å². The van der Waals surface area contributed by atoms with Crippen LogP contribution in [0, 0.1) is 6.92 Å². The van der Waals surface area contributed by atoms with Crippen molar-refractivity contribution in [3.63, 3.8) is 0 Å². The number of sulfonamides is 1. The van der Waals surface area contributed by atoms with E-state index >= 15 is 0 Å². The molecule has 1 aliphatic carbocycles. The van der Waals surface area contributed by atoms with Crippen LogP contribution < -0.4 is 9.62 Å². The number of aryl methyl sites for hydroxylation is 1. The van der Waals surface area contributed by atoms with Crippen molar-refractivity contribution in [3.8, 4) is 0 Å². The highest BCUT2D eigenvalue weighted by Gasteiger charge is 2.34. The molecule has 0 bridgehead atoms. The Labute approximate surface area is 258 Å².